The fraction of sp³-hybridized carbons (Fsp3) is 0.214. The van der Waals surface area contributed by atoms with Gasteiger partial charge in [0, 0.05) is 54.1 Å². The van der Waals surface area contributed by atoms with Gasteiger partial charge < -0.3 is 9.72 Å². The van der Waals surface area contributed by atoms with Gasteiger partial charge in [0.25, 0.3) is 0 Å². The summed E-state index contributed by atoms with van der Waals surface area (Å²) in [5, 5.41) is 8.24. The monoisotopic (exact) mass is 521 g/mol. The van der Waals surface area contributed by atoms with Gasteiger partial charge in [-0.1, -0.05) is 0 Å². The molecule has 6 aromatic rings. The lowest BCUT2D eigenvalue weighted by Crippen LogP contribution is -2.25. The van der Waals surface area contributed by atoms with Crippen LogP contribution in [0.4, 0.5) is 4.39 Å². The van der Waals surface area contributed by atoms with Gasteiger partial charge in [-0.05, 0) is 50.2 Å². The lowest BCUT2D eigenvalue weighted by Gasteiger charge is -2.15. The predicted octanol–water partition coefficient (Wildman–Crippen LogP) is 4.63. The Morgan fingerprint density at radius 2 is 1.79 bits per heavy atom. The Labute approximate surface area is 222 Å². The van der Waals surface area contributed by atoms with Gasteiger partial charge in [-0.15, -0.1) is 0 Å². The van der Waals surface area contributed by atoms with Crippen molar-refractivity contribution in [2.45, 2.75) is 12.8 Å². The van der Waals surface area contributed by atoms with Gasteiger partial charge in [0.05, 0.1) is 16.6 Å². The van der Waals surface area contributed by atoms with E-state index in [1.54, 1.807) is 24.8 Å². The van der Waals surface area contributed by atoms with Crippen LogP contribution in [0.25, 0.3) is 56.0 Å². The van der Waals surface area contributed by atoms with Crippen molar-refractivity contribution in [2.24, 2.45) is 0 Å². The quantitative estimate of drug-likeness (QED) is 0.312. The van der Waals surface area contributed by atoms with Gasteiger partial charge in [-0.3, -0.25) is 15.0 Å². The SMILES string of the molecule is Fc1cc(OCCN2CCCC2)cc(-c2nccc3[nH]c(-c4n[nH]c5ncc(-c6cncnc6)cc45)nc23)c1. The zero-order chi connectivity index (χ0) is 26.2. The molecular formula is C28H24FN9O. The highest BCUT2D eigenvalue weighted by Gasteiger charge is 2.18. The molecule has 2 N–H and O–H groups in total. The molecule has 39 heavy (non-hydrogen) atoms. The average Bonchev–Trinajstić information content (AvgIpc) is 3.72. The lowest BCUT2D eigenvalue weighted by atomic mass is 10.1. The first kappa shape index (κ1) is 23.4. The molecule has 1 aliphatic rings. The van der Waals surface area contributed by atoms with Gasteiger partial charge in [0.1, 0.15) is 35.7 Å². The number of aromatic amines is 2. The molecule has 10 nitrogen and oxygen atoms in total. The fourth-order valence-corrected chi connectivity index (χ4v) is 5.03. The molecule has 194 valence electrons. The summed E-state index contributed by atoms with van der Waals surface area (Å²) in [6, 6.07) is 8.48. The molecule has 0 bridgehead atoms. The van der Waals surface area contributed by atoms with Crippen LogP contribution < -0.4 is 4.74 Å². The second kappa shape index (κ2) is 9.84. The van der Waals surface area contributed by atoms with E-state index in [-0.39, 0.29) is 5.82 Å². The topological polar surface area (TPSA) is 121 Å². The zero-order valence-electron chi connectivity index (χ0n) is 20.9. The number of nitrogens with one attached hydrogen (secondary N) is 2. The molecule has 1 saturated heterocycles. The lowest BCUT2D eigenvalue weighted by molar-refractivity contribution is 0.237. The Morgan fingerprint density at radius 3 is 2.67 bits per heavy atom. The highest BCUT2D eigenvalue weighted by molar-refractivity contribution is 5.96. The summed E-state index contributed by atoms with van der Waals surface area (Å²) in [6.07, 6.45) is 10.8. The van der Waals surface area contributed by atoms with Crippen molar-refractivity contribution in [3.8, 4) is 39.7 Å². The third-order valence-electron chi connectivity index (χ3n) is 6.96. The second-order valence-corrected chi connectivity index (χ2v) is 9.53. The Hall–Kier alpha value is -4.77. The molecule has 0 amide bonds. The molecule has 0 aliphatic carbocycles. The summed E-state index contributed by atoms with van der Waals surface area (Å²) in [5.41, 5.74) is 5.47. The Bertz CT molecular complexity index is 1780. The number of hydrogen-bond donors (Lipinski definition) is 2. The van der Waals surface area contributed by atoms with Crippen molar-refractivity contribution >= 4 is 22.1 Å². The Kier molecular flexibility index (Phi) is 5.89. The van der Waals surface area contributed by atoms with E-state index < -0.39 is 0 Å². The van der Waals surface area contributed by atoms with E-state index in [9.17, 15) is 4.39 Å². The summed E-state index contributed by atoms with van der Waals surface area (Å²) >= 11 is 0. The second-order valence-electron chi connectivity index (χ2n) is 9.53. The van der Waals surface area contributed by atoms with E-state index in [4.69, 9.17) is 9.72 Å². The number of H-pyrrole nitrogens is 2. The summed E-state index contributed by atoms with van der Waals surface area (Å²) in [7, 11) is 0. The first-order valence-corrected chi connectivity index (χ1v) is 12.8. The molecule has 11 heteroatoms. The molecule has 1 aromatic carbocycles. The van der Waals surface area contributed by atoms with Crippen LogP contribution in [-0.2, 0) is 0 Å². The van der Waals surface area contributed by atoms with Crippen molar-refractivity contribution in [3.63, 3.8) is 0 Å². The van der Waals surface area contributed by atoms with Gasteiger partial charge in [0.2, 0.25) is 0 Å². The molecule has 5 aromatic heterocycles. The standard InChI is InChI=1S/C28H24FN9O/c29-20-9-17(10-21(12-20)39-8-7-38-5-1-2-6-38)24-26-23(3-4-32-24)34-28(35-26)25-22-11-18(15-33-27(22)37-36-25)19-13-30-16-31-14-19/h3-4,9-16H,1-2,5-8H2,(H,34,35)(H,33,36,37). The zero-order valence-corrected chi connectivity index (χ0v) is 20.9. The van der Waals surface area contributed by atoms with Crippen LogP contribution in [0.3, 0.4) is 0 Å². The van der Waals surface area contributed by atoms with Gasteiger partial charge >= 0.3 is 0 Å². The van der Waals surface area contributed by atoms with E-state index in [2.05, 4.69) is 40.0 Å². The molecule has 0 unspecified atom stereocenters. The van der Waals surface area contributed by atoms with Crippen LogP contribution >= 0.6 is 0 Å². The normalized spacial score (nSPS) is 14.0. The number of aromatic nitrogens is 8. The largest absolute Gasteiger partial charge is 0.492 e. The third kappa shape index (κ3) is 4.57. The molecule has 0 radical (unpaired) electrons. The number of halogens is 1. The number of nitrogens with zero attached hydrogens (tertiary/aromatic N) is 7. The molecule has 6 heterocycles. The highest BCUT2D eigenvalue weighted by Crippen LogP contribution is 2.33. The van der Waals surface area contributed by atoms with Crippen LogP contribution in [0.2, 0.25) is 0 Å². The summed E-state index contributed by atoms with van der Waals surface area (Å²) < 4.78 is 20.6. The van der Waals surface area contributed by atoms with E-state index in [1.165, 1.54) is 31.3 Å². The molecule has 0 saturated carbocycles. The molecule has 7 rings (SSSR count). The molecular weight excluding hydrogens is 497 g/mol. The first-order chi connectivity index (χ1) is 19.2. The number of rotatable bonds is 7. The number of pyridine rings is 2. The van der Waals surface area contributed by atoms with E-state index in [0.29, 0.717) is 46.3 Å². The maximum absolute atomic E-state index is 14.6. The maximum atomic E-state index is 14.6. The average molecular weight is 522 g/mol. The first-order valence-electron chi connectivity index (χ1n) is 12.8. The van der Waals surface area contributed by atoms with E-state index >= 15 is 0 Å². The molecule has 1 aliphatic heterocycles. The Morgan fingerprint density at radius 1 is 0.923 bits per heavy atom. The minimum atomic E-state index is -0.389. The maximum Gasteiger partial charge on any atom is 0.159 e. The molecule has 0 atom stereocenters. The smallest absolute Gasteiger partial charge is 0.159 e. The van der Waals surface area contributed by atoms with Crippen LogP contribution in [0.15, 0.2) is 61.4 Å². The van der Waals surface area contributed by atoms with Gasteiger partial charge in [-0.25, -0.2) is 24.3 Å². The van der Waals surface area contributed by atoms with Gasteiger partial charge in [0.15, 0.2) is 11.5 Å². The Balaban J connectivity index is 1.23. The summed E-state index contributed by atoms with van der Waals surface area (Å²) in [5.74, 6) is 0.632. The summed E-state index contributed by atoms with van der Waals surface area (Å²) in [4.78, 5) is 27.8. The molecule has 0 spiro atoms. The van der Waals surface area contributed by atoms with Crippen molar-refractivity contribution in [2.75, 3.05) is 26.2 Å². The molecule has 1 fully saturated rings. The number of imidazole rings is 1. The van der Waals surface area contributed by atoms with Crippen molar-refractivity contribution in [3.05, 3.63) is 67.3 Å². The minimum Gasteiger partial charge on any atom is -0.492 e. The van der Waals surface area contributed by atoms with Crippen molar-refractivity contribution < 1.29 is 9.13 Å². The third-order valence-corrected chi connectivity index (χ3v) is 6.96. The van der Waals surface area contributed by atoms with Crippen LogP contribution in [-0.4, -0.2) is 71.2 Å². The highest BCUT2D eigenvalue weighted by atomic mass is 19.1. The van der Waals surface area contributed by atoms with E-state index in [0.717, 1.165) is 41.7 Å². The predicted molar refractivity (Wildman–Crippen MR) is 144 cm³/mol. The number of ether oxygens (including phenoxy) is 1. The fourth-order valence-electron chi connectivity index (χ4n) is 5.03. The number of fused-ring (bicyclic) bond motifs is 2. The minimum absolute atomic E-state index is 0.389. The van der Waals surface area contributed by atoms with Crippen LogP contribution in [0, 0.1) is 5.82 Å². The van der Waals surface area contributed by atoms with Gasteiger partial charge in [-0.2, -0.15) is 5.10 Å². The van der Waals surface area contributed by atoms with Crippen molar-refractivity contribution in [1.29, 1.82) is 0 Å². The number of benzene rings is 1. The van der Waals surface area contributed by atoms with E-state index in [1.807, 2.05) is 18.2 Å². The van der Waals surface area contributed by atoms with Crippen molar-refractivity contribution in [1.82, 2.24) is 45.0 Å². The van der Waals surface area contributed by atoms with Crippen LogP contribution in [0.5, 0.6) is 5.75 Å². The number of hydrogen-bond acceptors (Lipinski definition) is 8. The summed E-state index contributed by atoms with van der Waals surface area (Å²) in [6.45, 7) is 3.52. The van der Waals surface area contributed by atoms with Crippen LogP contribution in [0.1, 0.15) is 12.8 Å². The number of likely N-dealkylation sites (tertiary alicyclic amines) is 1.